The highest BCUT2D eigenvalue weighted by Gasteiger charge is 2.21. The lowest BCUT2D eigenvalue weighted by Gasteiger charge is -2.19. The Bertz CT molecular complexity index is 1420. The maximum absolute atomic E-state index is 13.0. The van der Waals surface area contributed by atoms with Gasteiger partial charge in [0.1, 0.15) is 5.65 Å². The first-order valence-electron chi connectivity index (χ1n) is 10.2. The minimum absolute atomic E-state index is 0.0858. The Labute approximate surface area is 191 Å². The van der Waals surface area contributed by atoms with Gasteiger partial charge in [0, 0.05) is 5.39 Å². The zero-order chi connectivity index (χ0) is 23.8. The second-order valence-corrected chi connectivity index (χ2v) is 10.3. The van der Waals surface area contributed by atoms with Crippen molar-refractivity contribution < 1.29 is 17.9 Å². The Balaban J connectivity index is 1.74. The highest BCUT2D eigenvalue weighted by atomic mass is 32.2. The molecule has 2 aromatic heterocycles. The summed E-state index contributed by atoms with van der Waals surface area (Å²) in [6, 6.07) is 17.6. The van der Waals surface area contributed by atoms with Gasteiger partial charge in [-0.15, -0.1) is 0 Å². The second kappa shape index (κ2) is 8.25. The maximum atomic E-state index is 13.0. The van der Waals surface area contributed by atoms with E-state index in [0.717, 1.165) is 11.1 Å². The van der Waals surface area contributed by atoms with Crippen molar-refractivity contribution >= 4 is 32.8 Å². The Hall–Kier alpha value is -3.85. The number of hydrogen-bond donors (Lipinski definition) is 3. The zero-order valence-electron chi connectivity index (χ0n) is 18.4. The van der Waals surface area contributed by atoms with Gasteiger partial charge < -0.3 is 15.5 Å². The van der Waals surface area contributed by atoms with Crippen LogP contribution in [-0.4, -0.2) is 24.5 Å². The summed E-state index contributed by atoms with van der Waals surface area (Å²) in [6.07, 6.45) is 0.418. The van der Waals surface area contributed by atoms with Crippen LogP contribution in [0.3, 0.4) is 0 Å². The molecule has 170 valence electrons. The first-order valence-corrected chi connectivity index (χ1v) is 11.7. The van der Waals surface area contributed by atoms with Crippen molar-refractivity contribution in [2.24, 2.45) is 5.73 Å². The number of pyridine rings is 1. The van der Waals surface area contributed by atoms with E-state index >= 15 is 0 Å². The van der Waals surface area contributed by atoms with Crippen LogP contribution in [0.25, 0.3) is 22.2 Å². The number of hydrogen-bond acceptors (Lipinski definition) is 5. The summed E-state index contributed by atoms with van der Waals surface area (Å²) in [6.45, 7) is 6.19. The van der Waals surface area contributed by atoms with Crippen LogP contribution in [0.1, 0.15) is 26.3 Å². The predicted octanol–water partition coefficient (Wildman–Crippen LogP) is 4.79. The van der Waals surface area contributed by atoms with Crippen LogP contribution in [0.5, 0.6) is 5.88 Å². The third-order valence-corrected chi connectivity index (χ3v) is 6.56. The molecule has 0 saturated carbocycles. The van der Waals surface area contributed by atoms with E-state index in [4.69, 9.17) is 10.5 Å². The van der Waals surface area contributed by atoms with Crippen molar-refractivity contribution in [3.8, 4) is 17.0 Å². The molecule has 4 rings (SSSR count). The minimum atomic E-state index is -3.84. The summed E-state index contributed by atoms with van der Waals surface area (Å²) in [5.74, 6) is 0.133. The molecule has 4 N–H and O–H groups in total. The predicted molar refractivity (Wildman–Crippen MR) is 128 cm³/mol. The summed E-state index contributed by atoms with van der Waals surface area (Å²) in [5, 5.41) is 0.570. The number of ether oxygens (including phenoxy) is 1. The van der Waals surface area contributed by atoms with Crippen LogP contribution in [0.4, 0.5) is 10.5 Å². The number of nitrogens with two attached hydrogens (primary N) is 1. The molecule has 0 spiro atoms. The summed E-state index contributed by atoms with van der Waals surface area (Å²) in [4.78, 5) is 18.8. The number of carbonyl (C=O) groups excluding carboxylic acids is 1. The molecule has 0 bridgehead atoms. The highest BCUT2D eigenvalue weighted by molar-refractivity contribution is 7.92. The molecule has 0 aliphatic rings. The van der Waals surface area contributed by atoms with Crippen LogP contribution in [-0.2, 0) is 15.4 Å². The number of H-pyrrole nitrogens is 1. The Morgan fingerprint density at radius 2 is 1.73 bits per heavy atom. The van der Waals surface area contributed by atoms with Gasteiger partial charge in [-0.25, -0.2) is 18.2 Å². The Kier molecular flexibility index (Phi) is 5.59. The molecule has 9 heteroatoms. The van der Waals surface area contributed by atoms with Crippen LogP contribution in [0.15, 0.2) is 71.8 Å². The molecule has 0 unspecified atom stereocenters. The van der Waals surface area contributed by atoms with Gasteiger partial charge in [-0.3, -0.25) is 4.72 Å². The van der Waals surface area contributed by atoms with E-state index in [2.05, 4.69) is 35.5 Å². The number of aromatic nitrogens is 2. The summed E-state index contributed by atoms with van der Waals surface area (Å²) in [7, 11) is -3.84. The Morgan fingerprint density at radius 1 is 1.06 bits per heavy atom. The monoisotopic (exact) mass is 464 g/mol. The normalized spacial score (nSPS) is 12.0. The highest BCUT2D eigenvalue weighted by Crippen LogP contribution is 2.38. The largest absolute Gasteiger partial charge is 0.411 e. The molecule has 0 fully saturated rings. The van der Waals surface area contributed by atoms with Crippen molar-refractivity contribution in [1.82, 2.24) is 9.97 Å². The van der Waals surface area contributed by atoms with Crippen molar-refractivity contribution in [2.45, 2.75) is 31.1 Å². The molecular weight excluding hydrogens is 440 g/mol. The van der Waals surface area contributed by atoms with Gasteiger partial charge in [-0.05, 0) is 34.7 Å². The van der Waals surface area contributed by atoms with Crippen LogP contribution < -0.4 is 15.2 Å². The van der Waals surface area contributed by atoms with Gasteiger partial charge in [0.2, 0.25) is 5.88 Å². The van der Waals surface area contributed by atoms with Gasteiger partial charge >= 0.3 is 6.09 Å². The molecule has 0 radical (unpaired) electrons. The number of fused-ring (bicyclic) bond motifs is 1. The van der Waals surface area contributed by atoms with Gasteiger partial charge in [0.25, 0.3) is 10.0 Å². The number of amides is 1. The molecule has 0 aliphatic heterocycles. The second-order valence-electron chi connectivity index (χ2n) is 8.62. The Morgan fingerprint density at radius 3 is 2.33 bits per heavy atom. The fourth-order valence-corrected chi connectivity index (χ4v) is 4.55. The lowest BCUT2D eigenvalue weighted by molar-refractivity contribution is 0.209. The third kappa shape index (κ3) is 4.68. The van der Waals surface area contributed by atoms with E-state index in [1.54, 1.807) is 18.2 Å². The molecule has 0 aliphatic carbocycles. The molecule has 2 aromatic carbocycles. The van der Waals surface area contributed by atoms with Gasteiger partial charge in [0.05, 0.1) is 22.3 Å². The van der Waals surface area contributed by atoms with Gasteiger partial charge in [-0.2, -0.15) is 0 Å². The lowest BCUT2D eigenvalue weighted by Crippen LogP contribution is -2.16. The van der Waals surface area contributed by atoms with Crippen molar-refractivity contribution in [3.63, 3.8) is 0 Å². The molecule has 4 aromatic rings. The minimum Gasteiger partial charge on any atom is -0.393 e. The zero-order valence-corrected chi connectivity index (χ0v) is 19.2. The quantitative estimate of drug-likeness (QED) is 0.391. The molecule has 33 heavy (non-hydrogen) atoms. The first-order chi connectivity index (χ1) is 15.5. The van der Waals surface area contributed by atoms with Crippen molar-refractivity contribution in [2.75, 3.05) is 4.72 Å². The van der Waals surface area contributed by atoms with E-state index in [1.807, 2.05) is 42.5 Å². The number of rotatable bonds is 5. The number of nitrogens with zero attached hydrogens (tertiary/aromatic N) is 1. The maximum Gasteiger partial charge on any atom is 0.411 e. The topological polar surface area (TPSA) is 127 Å². The van der Waals surface area contributed by atoms with E-state index in [1.165, 1.54) is 6.20 Å². The standard InChI is InChI=1S/C24H24N4O4S/c1-24(2,3)16-9-11-18(12-10-16)33(30,31)28-17-13-19-20(15-7-5-4-6-8-15)22(32-23(25)29)27-21(19)26-14-17/h4-14,28H,1-3H3,(H2,25,29)(H,26,27). The van der Waals surface area contributed by atoms with Crippen LogP contribution in [0.2, 0.25) is 0 Å². The van der Waals surface area contributed by atoms with Crippen molar-refractivity contribution in [1.29, 1.82) is 0 Å². The molecular formula is C24H24N4O4S. The fourth-order valence-electron chi connectivity index (χ4n) is 3.52. The number of carbonyl (C=O) groups is 1. The average Bonchev–Trinajstić information content (AvgIpc) is 3.10. The van der Waals surface area contributed by atoms with E-state index in [-0.39, 0.29) is 21.9 Å². The van der Waals surface area contributed by atoms with Crippen LogP contribution >= 0.6 is 0 Å². The molecule has 1 amide bonds. The number of anilines is 1. The average molecular weight is 465 g/mol. The summed E-state index contributed by atoms with van der Waals surface area (Å²) >= 11 is 0. The van der Waals surface area contributed by atoms with E-state index in [9.17, 15) is 13.2 Å². The van der Waals surface area contributed by atoms with Gasteiger partial charge in [0.15, 0.2) is 0 Å². The van der Waals surface area contributed by atoms with Crippen molar-refractivity contribution in [3.05, 3.63) is 72.4 Å². The number of primary amides is 1. The number of nitrogens with one attached hydrogen (secondary N) is 2. The van der Waals surface area contributed by atoms with Gasteiger partial charge in [-0.1, -0.05) is 63.2 Å². The molecule has 0 saturated heterocycles. The fraction of sp³-hybridized carbons (Fsp3) is 0.167. The first kappa shape index (κ1) is 22.3. The number of aromatic amines is 1. The smallest absolute Gasteiger partial charge is 0.393 e. The lowest BCUT2D eigenvalue weighted by atomic mass is 9.87. The molecule has 0 atom stereocenters. The number of benzene rings is 2. The SMILES string of the molecule is CC(C)(C)c1ccc(S(=O)(=O)Nc2cnc3[nH]c(OC(N)=O)c(-c4ccccc4)c3c2)cc1. The molecule has 2 heterocycles. The summed E-state index contributed by atoms with van der Waals surface area (Å²) in [5.41, 5.74) is 8.15. The third-order valence-electron chi connectivity index (χ3n) is 5.16. The van der Waals surface area contributed by atoms with Crippen LogP contribution in [0, 0.1) is 0 Å². The molecule has 8 nitrogen and oxygen atoms in total. The van der Waals surface area contributed by atoms with E-state index < -0.39 is 16.1 Å². The summed E-state index contributed by atoms with van der Waals surface area (Å²) < 4.78 is 33.7. The van der Waals surface area contributed by atoms with E-state index in [0.29, 0.717) is 16.6 Å². The number of sulfonamides is 1.